The molecule has 3 aromatic carbocycles. The van der Waals surface area contributed by atoms with Crippen LogP contribution in [-0.4, -0.2) is 29.4 Å². The lowest BCUT2D eigenvalue weighted by Crippen LogP contribution is -2.21. The van der Waals surface area contributed by atoms with E-state index in [1.54, 1.807) is 66.0 Å². The summed E-state index contributed by atoms with van der Waals surface area (Å²) in [6.07, 6.45) is 15.8. The van der Waals surface area contributed by atoms with Gasteiger partial charge >= 0.3 is 17.9 Å². The van der Waals surface area contributed by atoms with Crippen molar-refractivity contribution in [1.82, 2.24) is 0 Å². The van der Waals surface area contributed by atoms with Crippen molar-refractivity contribution in [2.75, 3.05) is 11.5 Å². The molecule has 0 radical (unpaired) electrons. The summed E-state index contributed by atoms with van der Waals surface area (Å²) in [5, 5.41) is 0. The summed E-state index contributed by atoms with van der Waals surface area (Å²) in [4.78, 5) is 41.5. The molecule has 0 aromatic heterocycles. The van der Waals surface area contributed by atoms with E-state index < -0.39 is 11.9 Å². The second-order valence-corrected chi connectivity index (χ2v) is 15.2. The van der Waals surface area contributed by atoms with Gasteiger partial charge in [-0.05, 0) is 116 Å². The summed E-state index contributed by atoms with van der Waals surface area (Å²) in [7, 11) is 0. The molecule has 2 bridgehead atoms. The van der Waals surface area contributed by atoms with Gasteiger partial charge in [0, 0.05) is 15.4 Å². The molecule has 2 aliphatic carbocycles. The number of ether oxygens (including phenoxy) is 3. The molecule has 0 aliphatic heterocycles. The third-order valence-corrected chi connectivity index (χ3v) is 11.3. The lowest BCUT2D eigenvalue weighted by Gasteiger charge is -2.18. The molecule has 0 saturated heterocycles. The van der Waals surface area contributed by atoms with Crippen LogP contribution >= 0.6 is 23.5 Å². The molecule has 0 heterocycles. The Labute approximate surface area is 299 Å². The first-order valence-corrected chi connectivity index (χ1v) is 19.8. The summed E-state index contributed by atoms with van der Waals surface area (Å²) in [6, 6.07) is 19.6. The number of carbonyl (C=O) groups is 3. The van der Waals surface area contributed by atoms with Crippen LogP contribution in [0.15, 0.2) is 88.7 Å². The van der Waals surface area contributed by atoms with Crippen LogP contribution in [0.5, 0.6) is 11.5 Å². The molecular formula is C41H48O6S2. The van der Waals surface area contributed by atoms with Gasteiger partial charge in [0.15, 0.2) is 0 Å². The van der Waals surface area contributed by atoms with Gasteiger partial charge in [-0.2, -0.15) is 0 Å². The van der Waals surface area contributed by atoms with Gasteiger partial charge in [-0.15, -0.1) is 23.5 Å². The van der Waals surface area contributed by atoms with Crippen molar-refractivity contribution in [2.45, 2.75) is 94.5 Å². The minimum atomic E-state index is -0.515. The van der Waals surface area contributed by atoms with Crippen molar-refractivity contribution in [2.24, 2.45) is 17.8 Å². The van der Waals surface area contributed by atoms with Gasteiger partial charge in [0.1, 0.15) is 18.1 Å². The van der Waals surface area contributed by atoms with Gasteiger partial charge in [-0.25, -0.2) is 9.59 Å². The van der Waals surface area contributed by atoms with Crippen LogP contribution in [0.4, 0.5) is 0 Å². The number of esters is 3. The maximum absolute atomic E-state index is 13.2. The third kappa shape index (κ3) is 11.0. The first-order chi connectivity index (χ1) is 23.9. The van der Waals surface area contributed by atoms with E-state index in [4.69, 9.17) is 14.2 Å². The topological polar surface area (TPSA) is 78.9 Å². The summed E-state index contributed by atoms with van der Waals surface area (Å²) < 4.78 is 17.3. The van der Waals surface area contributed by atoms with Gasteiger partial charge in [-0.3, -0.25) is 4.79 Å². The highest BCUT2D eigenvalue weighted by Gasteiger charge is 2.40. The van der Waals surface area contributed by atoms with E-state index in [9.17, 15) is 14.4 Å². The Morgan fingerprint density at radius 3 is 1.80 bits per heavy atom. The number of allylic oxidation sites excluding steroid dienone is 2. The van der Waals surface area contributed by atoms with Crippen molar-refractivity contribution in [3.8, 4) is 11.5 Å². The van der Waals surface area contributed by atoms with Crippen molar-refractivity contribution in [3.63, 3.8) is 0 Å². The van der Waals surface area contributed by atoms with Gasteiger partial charge in [0.25, 0.3) is 0 Å². The molecular weight excluding hydrogens is 653 g/mol. The summed E-state index contributed by atoms with van der Waals surface area (Å²) in [5.41, 5.74) is 1.30. The fourth-order valence-electron chi connectivity index (χ4n) is 6.28. The highest BCUT2D eigenvalue weighted by atomic mass is 32.2. The number of carbonyl (C=O) groups excluding carboxylic acids is 3. The molecule has 49 heavy (non-hydrogen) atoms. The van der Waals surface area contributed by atoms with E-state index in [0.29, 0.717) is 22.6 Å². The zero-order valence-electron chi connectivity index (χ0n) is 28.7. The molecule has 1 fully saturated rings. The summed E-state index contributed by atoms with van der Waals surface area (Å²) in [5.74, 6) is 1.83. The zero-order chi connectivity index (χ0) is 34.4. The number of benzene rings is 3. The molecule has 3 aromatic rings. The molecule has 3 atom stereocenters. The van der Waals surface area contributed by atoms with E-state index in [0.717, 1.165) is 34.1 Å². The number of hydrogen-bond donors (Lipinski definition) is 0. The Balaban J connectivity index is 1.23. The minimum absolute atomic E-state index is 0.109. The summed E-state index contributed by atoms with van der Waals surface area (Å²) in [6.45, 7) is 4.30. The molecule has 0 amide bonds. The standard InChI is InChI=1S/C41H48O6S2/c1-3-5-7-9-23-48-35-18-13-30(14-19-35)39(42)46-34-17-22-38(33(27-34)28-45-41(44)37-26-29-11-12-32(37)25-29)47-40(43)31-15-20-36(21-16-31)49-24-10-8-6-4-2/h11-22,27,29,32,37H,3-10,23-26,28H2,1-2H3. The first kappa shape index (κ1) is 36.8. The second kappa shape index (κ2) is 19.0. The second-order valence-electron chi connectivity index (χ2n) is 12.9. The van der Waals surface area contributed by atoms with E-state index in [2.05, 4.69) is 26.0 Å². The van der Waals surface area contributed by atoms with E-state index in [1.165, 1.54) is 51.4 Å². The van der Waals surface area contributed by atoms with Crippen LogP contribution in [0.1, 0.15) is 104 Å². The third-order valence-electron chi connectivity index (χ3n) is 9.11. The lowest BCUT2D eigenvalue weighted by atomic mass is 9.94. The molecule has 0 N–H and O–H groups in total. The lowest BCUT2D eigenvalue weighted by molar-refractivity contribution is -0.150. The largest absolute Gasteiger partial charge is 0.460 e. The molecule has 8 heteroatoms. The Bertz CT molecular complexity index is 1570. The molecule has 3 unspecified atom stereocenters. The minimum Gasteiger partial charge on any atom is -0.460 e. The highest BCUT2D eigenvalue weighted by molar-refractivity contribution is 7.99. The van der Waals surface area contributed by atoms with Gasteiger partial charge in [-0.1, -0.05) is 64.5 Å². The Hall–Kier alpha value is -3.49. The van der Waals surface area contributed by atoms with Gasteiger partial charge in [0.05, 0.1) is 17.0 Å². The molecule has 5 rings (SSSR count). The molecule has 0 spiro atoms. The quantitative estimate of drug-likeness (QED) is 0.0402. The number of thioether (sulfide) groups is 2. The van der Waals surface area contributed by atoms with E-state index in [-0.39, 0.29) is 35.9 Å². The van der Waals surface area contributed by atoms with Gasteiger partial charge in [0.2, 0.25) is 0 Å². The SMILES string of the molecule is CCCCCCSc1ccc(C(=O)Oc2ccc(OC(=O)c3ccc(SCCCCCC)cc3)c(COC(=O)C3CC4C=CC3C4)c2)cc1. The fraction of sp³-hybridized carbons (Fsp3) is 0.439. The highest BCUT2D eigenvalue weighted by Crippen LogP contribution is 2.44. The number of hydrogen-bond acceptors (Lipinski definition) is 8. The van der Waals surface area contributed by atoms with Gasteiger partial charge < -0.3 is 14.2 Å². The number of fused-ring (bicyclic) bond motifs is 2. The smallest absolute Gasteiger partial charge is 0.343 e. The predicted molar refractivity (Wildman–Crippen MR) is 198 cm³/mol. The molecule has 2 aliphatic rings. The molecule has 6 nitrogen and oxygen atoms in total. The average molecular weight is 701 g/mol. The van der Waals surface area contributed by atoms with E-state index >= 15 is 0 Å². The maximum atomic E-state index is 13.2. The van der Waals surface area contributed by atoms with Crippen LogP contribution in [0.25, 0.3) is 0 Å². The Morgan fingerprint density at radius 2 is 1.27 bits per heavy atom. The van der Waals surface area contributed by atoms with Crippen LogP contribution in [0.3, 0.4) is 0 Å². The van der Waals surface area contributed by atoms with Crippen molar-refractivity contribution < 1.29 is 28.6 Å². The van der Waals surface area contributed by atoms with Crippen LogP contribution in [-0.2, 0) is 16.1 Å². The van der Waals surface area contributed by atoms with Crippen LogP contribution in [0, 0.1) is 17.8 Å². The summed E-state index contributed by atoms with van der Waals surface area (Å²) >= 11 is 3.57. The van der Waals surface area contributed by atoms with Crippen LogP contribution < -0.4 is 9.47 Å². The van der Waals surface area contributed by atoms with Crippen molar-refractivity contribution in [3.05, 3.63) is 95.6 Å². The zero-order valence-corrected chi connectivity index (χ0v) is 30.3. The monoisotopic (exact) mass is 700 g/mol. The Morgan fingerprint density at radius 1 is 0.673 bits per heavy atom. The number of rotatable bonds is 19. The van der Waals surface area contributed by atoms with Crippen molar-refractivity contribution in [1.29, 1.82) is 0 Å². The predicted octanol–water partition coefficient (Wildman–Crippen LogP) is 10.7. The maximum Gasteiger partial charge on any atom is 0.343 e. The first-order valence-electron chi connectivity index (χ1n) is 17.8. The normalized spacial score (nSPS) is 17.6. The number of unbranched alkanes of at least 4 members (excludes halogenated alkanes) is 6. The average Bonchev–Trinajstić information content (AvgIpc) is 3.76. The van der Waals surface area contributed by atoms with Crippen molar-refractivity contribution >= 4 is 41.4 Å². The molecule has 1 saturated carbocycles. The van der Waals surface area contributed by atoms with Crippen LogP contribution in [0.2, 0.25) is 0 Å². The molecule has 260 valence electrons. The van der Waals surface area contributed by atoms with E-state index in [1.807, 2.05) is 24.3 Å². The fourth-order valence-corrected chi connectivity index (χ4v) is 8.10. The Kier molecular flexibility index (Phi) is 14.3.